The quantitative estimate of drug-likeness (QED) is 0.234. The molecule has 1 atom stereocenters. The largest absolute Gasteiger partial charge is 0.448 e. The number of nitrogens with zero attached hydrogens (tertiary/aromatic N) is 3. The maximum atomic E-state index is 6.89. The second-order valence-corrected chi connectivity index (χ2v) is 11.8. The summed E-state index contributed by atoms with van der Waals surface area (Å²) in [5.74, 6) is 3.75. The van der Waals surface area contributed by atoms with Crippen LogP contribution in [0.5, 0.6) is 11.5 Å². The zero-order chi connectivity index (χ0) is 25.2. The van der Waals surface area contributed by atoms with Crippen molar-refractivity contribution in [1.29, 1.82) is 0 Å². The molecule has 0 N–H and O–H groups in total. The van der Waals surface area contributed by atoms with Crippen molar-refractivity contribution in [2.45, 2.75) is 63.5 Å². The number of aromatic nitrogens is 3. The molecule has 2 aromatic heterocycles. The summed E-state index contributed by atoms with van der Waals surface area (Å²) in [4.78, 5) is 0. The normalized spacial score (nSPS) is 20.3. The average Bonchev–Trinajstić information content (AvgIpc) is 3.56. The van der Waals surface area contributed by atoms with E-state index in [9.17, 15) is 0 Å². The highest BCUT2D eigenvalue weighted by Crippen LogP contribution is 2.56. The van der Waals surface area contributed by atoms with Gasteiger partial charge in [-0.15, -0.1) is 0 Å². The van der Waals surface area contributed by atoms with E-state index >= 15 is 0 Å². The number of pyridine rings is 1. The molecule has 38 heavy (non-hydrogen) atoms. The van der Waals surface area contributed by atoms with E-state index in [4.69, 9.17) is 4.74 Å². The van der Waals surface area contributed by atoms with Gasteiger partial charge in [0, 0.05) is 17.7 Å². The standard InChI is InChI=1S/C34H31N3O/c1-21(2)23-18-19-26-30-32(23)38-29-17-10-16-28-31(29)37(30)33(36(28)22-11-4-3-5-12-22)34(26)25-14-7-6-13-24(25)27-15-8-9-20-35(27)34/h6-10,13-22H,3-5,11-12H2,1-2H3/q+2. The van der Waals surface area contributed by atoms with Crippen LogP contribution in [0.1, 0.15) is 80.4 Å². The third-order valence-electron chi connectivity index (χ3n) is 9.59. The van der Waals surface area contributed by atoms with Crippen LogP contribution in [-0.4, -0.2) is 4.57 Å². The first-order valence-electron chi connectivity index (χ1n) is 14.3. The Morgan fingerprint density at radius 1 is 0.868 bits per heavy atom. The first-order chi connectivity index (χ1) is 18.7. The van der Waals surface area contributed by atoms with Gasteiger partial charge in [-0.3, -0.25) is 0 Å². The fourth-order valence-corrected chi connectivity index (χ4v) is 8.11. The molecular weight excluding hydrogens is 466 g/mol. The molecule has 0 saturated heterocycles. The van der Waals surface area contributed by atoms with Gasteiger partial charge in [-0.1, -0.05) is 50.6 Å². The smallest absolute Gasteiger partial charge is 0.347 e. The molecule has 3 aliphatic heterocycles. The predicted octanol–water partition coefficient (Wildman–Crippen LogP) is 7.07. The van der Waals surface area contributed by atoms with E-state index in [1.807, 2.05) is 0 Å². The zero-order valence-corrected chi connectivity index (χ0v) is 21.9. The number of ether oxygens (including phenoxy) is 1. The topological polar surface area (TPSA) is 21.9 Å². The fraction of sp³-hybridized carbons (Fsp3) is 0.294. The minimum Gasteiger partial charge on any atom is -0.448 e. The number of fused-ring (bicyclic) bond motifs is 7. The van der Waals surface area contributed by atoms with Crippen molar-refractivity contribution in [2.24, 2.45) is 0 Å². The Balaban J connectivity index is 1.54. The van der Waals surface area contributed by atoms with Crippen LogP contribution < -0.4 is 13.9 Å². The highest BCUT2D eigenvalue weighted by atomic mass is 16.5. The van der Waals surface area contributed by atoms with Crippen molar-refractivity contribution in [3.63, 3.8) is 0 Å². The summed E-state index contributed by atoms with van der Waals surface area (Å²) < 4.78 is 14.8. The molecule has 1 saturated carbocycles. The lowest BCUT2D eigenvalue weighted by Gasteiger charge is -2.25. The summed E-state index contributed by atoms with van der Waals surface area (Å²) in [6.07, 6.45) is 8.69. The van der Waals surface area contributed by atoms with Gasteiger partial charge in [-0.25, -0.2) is 4.57 Å². The maximum Gasteiger partial charge on any atom is 0.347 e. The molecule has 4 heteroatoms. The number of benzene rings is 3. The number of rotatable bonds is 2. The summed E-state index contributed by atoms with van der Waals surface area (Å²) in [5.41, 5.74) is 9.88. The molecule has 1 aliphatic carbocycles. The fourth-order valence-electron chi connectivity index (χ4n) is 8.11. The number of para-hydroxylation sites is 1. The van der Waals surface area contributed by atoms with Crippen molar-refractivity contribution in [2.75, 3.05) is 0 Å². The van der Waals surface area contributed by atoms with Crippen LogP contribution in [0.15, 0.2) is 79.0 Å². The molecule has 1 unspecified atom stereocenters. The van der Waals surface area contributed by atoms with Crippen molar-refractivity contribution in [1.82, 2.24) is 4.57 Å². The molecule has 0 radical (unpaired) electrons. The molecule has 4 nitrogen and oxygen atoms in total. The molecule has 1 spiro atoms. The highest BCUT2D eigenvalue weighted by molar-refractivity contribution is 5.85. The third kappa shape index (κ3) is 2.26. The lowest BCUT2D eigenvalue weighted by molar-refractivity contribution is -0.733. The molecule has 186 valence electrons. The van der Waals surface area contributed by atoms with E-state index in [0.717, 1.165) is 11.5 Å². The monoisotopic (exact) mass is 497 g/mol. The molecule has 1 fully saturated rings. The van der Waals surface area contributed by atoms with Crippen molar-refractivity contribution >= 4 is 11.0 Å². The lowest BCUT2D eigenvalue weighted by atomic mass is 9.81. The zero-order valence-electron chi connectivity index (χ0n) is 21.9. The minimum absolute atomic E-state index is 0.368. The van der Waals surface area contributed by atoms with E-state index in [2.05, 4.69) is 107 Å². The Kier molecular flexibility index (Phi) is 3.95. The SMILES string of the molecule is CC(C)c1ccc2c3c1Oc1cccc4c1[n+]-3c(n4C1CCCCC1)C21c2ccccc2-c2cccc[n+]21. The predicted molar refractivity (Wildman–Crippen MR) is 147 cm³/mol. The summed E-state index contributed by atoms with van der Waals surface area (Å²) >= 11 is 0. The third-order valence-corrected chi connectivity index (χ3v) is 9.59. The number of imidazole rings is 1. The molecule has 9 rings (SSSR count). The van der Waals surface area contributed by atoms with Gasteiger partial charge in [-0.2, -0.15) is 9.13 Å². The van der Waals surface area contributed by atoms with E-state index in [0.29, 0.717) is 12.0 Å². The highest BCUT2D eigenvalue weighted by Gasteiger charge is 2.69. The Bertz CT molecular complexity index is 1780. The van der Waals surface area contributed by atoms with Crippen LogP contribution in [-0.2, 0) is 5.54 Å². The summed E-state index contributed by atoms with van der Waals surface area (Å²) in [6, 6.07) is 27.6. The van der Waals surface area contributed by atoms with Crippen LogP contribution >= 0.6 is 0 Å². The molecule has 3 aromatic carbocycles. The van der Waals surface area contributed by atoms with Crippen LogP contribution in [0.4, 0.5) is 0 Å². The van der Waals surface area contributed by atoms with Gasteiger partial charge in [0.1, 0.15) is 6.04 Å². The molecule has 5 heterocycles. The van der Waals surface area contributed by atoms with Gasteiger partial charge in [0.15, 0.2) is 28.9 Å². The summed E-state index contributed by atoms with van der Waals surface area (Å²) in [5, 5.41) is 0. The molecule has 0 bridgehead atoms. The minimum atomic E-state index is -0.450. The molecule has 5 aromatic rings. The second kappa shape index (κ2) is 7.13. The van der Waals surface area contributed by atoms with Crippen LogP contribution in [0.25, 0.3) is 28.0 Å². The van der Waals surface area contributed by atoms with Gasteiger partial charge in [0.05, 0.1) is 16.7 Å². The Morgan fingerprint density at radius 2 is 1.71 bits per heavy atom. The van der Waals surface area contributed by atoms with E-state index in [-0.39, 0.29) is 0 Å². The van der Waals surface area contributed by atoms with E-state index < -0.39 is 5.54 Å². The summed E-state index contributed by atoms with van der Waals surface area (Å²) in [6.45, 7) is 4.55. The van der Waals surface area contributed by atoms with Crippen LogP contribution in [0, 0.1) is 0 Å². The van der Waals surface area contributed by atoms with Crippen LogP contribution in [0.2, 0.25) is 0 Å². The van der Waals surface area contributed by atoms with Gasteiger partial charge in [-0.05, 0) is 61.9 Å². The van der Waals surface area contributed by atoms with Crippen LogP contribution in [0.3, 0.4) is 0 Å². The van der Waals surface area contributed by atoms with E-state index in [1.54, 1.807) is 0 Å². The Labute approximate surface area is 222 Å². The van der Waals surface area contributed by atoms with E-state index in [1.165, 1.54) is 82.6 Å². The van der Waals surface area contributed by atoms with Gasteiger partial charge < -0.3 is 4.74 Å². The summed E-state index contributed by atoms with van der Waals surface area (Å²) in [7, 11) is 0. The maximum absolute atomic E-state index is 6.89. The van der Waals surface area contributed by atoms with Gasteiger partial charge in [0.2, 0.25) is 11.2 Å². The van der Waals surface area contributed by atoms with Gasteiger partial charge in [0.25, 0.3) is 0 Å². The van der Waals surface area contributed by atoms with Crippen molar-refractivity contribution in [3.8, 4) is 28.4 Å². The first-order valence-corrected chi connectivity index (χ1v) is 14.3. The number of hydrogen-bond donors (Lipinski definition) is 0. The number of hydrogen-bond acceptors (Lipinski definition) is 1. The molecule has 4 aliphatic rings. The first kappa shape index (κ1) is 21.1. The second-order valence-electron chi connectivity index (χ2n) is 11.8. The Morgan fingerprint density at radius 3 is 2.58 bits per heavy atom. The average molecular weight is 498 g/mol. The lowest BCUT2D eigenvalue weighted by Crippen LogP contribution is -2.58. The van der Waals surface area contributed by atoms with Gasteiger partial charge >= 0.3 is 11.4 Å². The van der Waals surface area contributed by atoms with Crippen molar-refractivity contribution < 1.29 is 13.9 Å². The molecule has 0 amide bonds. The Hall–Kier alpha value is -3.92. The van der Waals surface area contributed by atoms with Crippen molar-refractivity contribution in [3.05, 3.63) is 102 Å². The molecular formula is C34H31N3O+2.